The zero-order valence-electron chi connectivity index (χ0n) is 17.5. The van der Waals surface area contributed by atoms with Crippen molar-refractivity contribution in [1.82, 2.24) is 5.16 Å². The van der Waals surface area contributed by atoms with Gasteiger partial charge in [0.15, 0.2) is 10.6 Å². The zero-order valence-corrected chi connectivity index (χ0v) is 20.5. The van der Waals surface area contributed by atoms with E-state index in [-0.39, 0.29) is 5.82 Å². The molecule has 4 nitrogen and oxygen atoms in total. The summed E-state index contributed by atoms with van der Waals surface area (Å²) in [6.45, 7) is 0.292. The summed E-state index contributed by atoms with van der Waals surface area (Å²) in [4.78, 5) is 13.0. The van der Waals surface area contributed by atoms with Gasteiger partial charge in [-0.1, -0.05) is 81.9 Å². The van der Waals surface area contributed by atoms with E-state index < -0.39 is 10.7 Å². The summed E-state index contributed by atoms with van der Waals surface area (Å²) in [5.74, 6) is -0.328. The number of hydrogen-bond donors (Lipinski definition) is 0. The SMILES string of the molecule is O=C(C(Cl)Cl)N(CCc1ccc(F)cc1)c1cccc(-c2cc(-c3c(Cl)cccc3Cl)no2)c1. The summed E-state index contributed by atoms with van der Waals surface area (Å²) in [6, 6.07) is 20.2. The Morgan fingerprint density at radius 2 is 1.65 bits per heavy atom. The van der Waals surface area contributed by atoms with E-state index in [9.17, 15) is 9.18 Å². The van der Waals surface area contributed by atoms with Crippen molar-refractivity contribution in [3.8, 4) is 22.6 Å². The van der Waals surface area contributed by atoms with Crippen LogP contribution in [0.15, 0.2) is 77.3 Å². The van der Waals surface area contributed by atoms with E-state index in [4.69, 9.17) is 50.9 Å². The third-order valence-electron chi connectivity index (χ3n) is 5.16. The molecule has 1 aromatic heterocycles. The largest absolute Gasteiger partial charge is 0.356 e. The Hall–Kier alpha value is -2.57. The topological polar surface area (TPSA) is 46.3 Å². The quantitative estimate of drug-likeness (QED) is 0.226. The fourth-order valence-corrected chi connectivity index (χ4v) is 4.30. The van der Waals surface area contributed by atoms with Crippen molar-refractivity contribution in [3.63, 3.8) is 0 Å². The molecule has 0 fully saturated rings. The van der Waals surface area contributed by atoms with Gasteiger partial charge in [0.1, 0.15) is 11.5 Å². The molecule has 0 bridgehead atoms. The van der Waals surface area contributed by atoms with E-state index in [1.165, 1.54) is 17.0 Å². The number of nitrogens with zero attached hydrogens (tertiary/aromatic N) is 2. The van der Waals surface area contributed by atoms with Gasteiger partial charge in [-0.05, 0) is 48.4 Å². The molecule has 3 aromatic carbocycles. The van der Waals surface area contributed by atoms with Gasteiger partial charge in [0.2, 0.25) is 0 Å². The smallest absolute Gasteiger partial charge is 0.260 e. The van der Waals surface area contributed by atoms with Crippen LogP contribution in [0.1, 0.15) is 5.56 Å². The van der Waals surface area contributed by atoms with Crippen LogP contribution >= 0.6 is 46.4 Å². The van der Waals surface area contributed by atoms with E-state index >= 15 is 0 Å². The Labute approximate surface area is 215 Å². The Bertz CT molecular complexity index is 1290. The molecule has 0 atom stereocenters. The molecule has 0 unspecified atom stereocenters. The first kappa shape index (κ1) is 24.6. The van der Waals surface area contributed by atoms with Crippen LogP contribution in [0.4, 0.5) is 10.1 Å². The number of carbonyl (C=O) groups is 1. The minimum absolute atomic E-state index is 0.292. The Balaban J connectivity index is 1.63. The molecule has 0 N–H and O–H groups in total. The van der Waals surface area contributed by atoms with Crippen LogP contribution in [0, 0.1) is 5.82 Å². The van der Waals surface area contributed by atoms with Crippen LogP contribution in [-0.2, 0) is 11.2 Å². The summed E-state index contributed by atoms with van der Waals surface area (Å²) in [5.41, 5.74) is 3.18. The number of aromatic nitrogens is 1. The number of amides is 1. The Kier molecular flexibility index (Phi) is 7.79. The van der Waals surface area contributed by atoms with Crippen molar-refractivity contribution in [2.75, 3.05) is 11.4 Å². The maximum atomic E-state index is 13.2. The average Bonchev–Trinajstić information content (AvgIpc) is 3.30. The molecular weight excluding hydrogens is 521 g/mol. The summed E-state index contributed by atoms with van der Waals surface area (Å²) < 4.78 is 18.8. The third kappa shape index (κ3) is 5.56. The molecule has 4 rings (SSSR count). The molecule has 0 aliphatic carbocycles. The highest BCUT2D eigenvalue weighted by Crippen LogP contribution is 2.36. The highest BCUT2D eigenvalue weighted by atomic mass is 35.5. The third-order valence-corrected chi connectivity index (χ3v) is 6.16. The Morgan fingerprint density at radius 3 is 2.32 bits per heavy atom. The van der Waals surface area contributed by atoms with Crippen LogP contribution in [0.5, 0.6) is 0 Å². The first-order chi connectivity index (χ1) is 16.3. The van der Waals surface area contributed by atoms with Crippen molar-refractivity contribution >= 4 is 58.0 Å². The number of alkyl halides is 2. The molecule has 34 heavy (non-hydrogen) atoms. The molecule has 174 valence electrons. The summed E-state index contributed by atoms with van der Waals surface area (Å²) in [5, 5.41) is 5.01. The minimum Gasteiger partial charge on any atom is -0.356 e. The summed E-state index contributed by atoms with van der Waals surface area (Å²) >= 11 is 24.4. The molecule has 0 radical (unpaired) electrons. The fraction of sp³-hybridized carbons (Fsp3) is 0.120. The first-order valence-electron chi connectivity index (χ1n) is 10.2. The van der Waals surface area contributed by atoms with E-state index in [0.29, 0.717) is 51.3 Å². The van der Waals surface area contributed by atoms with Gasteiger partial charge < -0.3 is 9.42 Å². The van der Waals surface area contributed by atoms with Crippen molar-refractivity contribution < 1.29 is 13.7 Å². The molecule has 0 spiro atoms. The highest BCUT2D eigenvalue weighted by molar-refractivity contribution is 6.54. The molecule has 4 aromatic rings. The van der Waals surface area contributed by atoms with Crippen molar-refractivity contribution in [2.24, 2.45) is 0 Å². The zero-order chi connectivity index (χ0) is 24.2. The number of carbonyl (C=O) groups excluding carboxylic acids is 1. The van der Waals surface area contributed by atoms with Crippen molar-refractivity contribution in [2.45, 2.75) is 11.3 Å². The van der Waals surface area contributed by atoms with Crippen LogP contribution in [0.3, 0.4) is 0 Å². The van der Waals surface area contributed by atoms with Gasteiger partial charge in [-0.2, -0.15) is 0 Å². The monoisotopic (exact) mass is 536 g/mol. The standard InChI is InChI=1S/C25H17Cl4FN2O2/c26-19-5-2-6-20(27)23(19)21-14-22(34-31-21)16-3-1-4-18(13-16)32(25(33)24(28)29)12-11-15-7-9-17(30)10-8-15/h1-10,13-14,24H,11-12H2. The molecule has 0 aliphatic rings. The predicted molar refractivity (Wildman–Crippen MR) is 135 cm³/mol. The van der Waals surface area contributed by atoms with Crippen molar-refractivity contribution in [3.05, 3.63) is 94.2 Å². The van der Waals surface area contributed by atoms with E-state index in [1.807, 2.05) is 6.07 Å². The summed E-state index contributed by atoms with van der Waals surface area (Å²) in [7, 11) is 0. The van der Waals surface area contributed by atoms with Gasteiger partial charge in [-0.25, -0.2) is 4.39 Å². The normalized spacial score (nSPS) is 11.1. The highest BCUT2D eigenvalue weighted by Gasteiger charge is 2.23. The van der Waals surface area contributed by atoms with Gasteiger partial charge in [0.05, 0.1) is 10.0 Å². The molecule has 9 heteroatoms. The van der Waals surface area contributed by atoms with E-state index in [1.54, 1.807) is 54.6 Å². The number of halogens is 5. The molecule has 0 saturated heterocycles. The second-order valence-electron chi connectivity index (χ2n) is 7.39. The van der Waals surface area contributed by atoms with E-state index in [2.05, 4.69) is 5.16 Å². The molecule has 1 heterocycles. The molecule has 0 saturated carbocycles. The fourth-order valence-electron chi connectivity index (χ4n) is 3.47. The van der Waals surface area contributed by atoms with E-state index in [0.717, 1.165) is 5.56 Å². The number of rotatable bonds is 7. The van der Waals surface area contributed by atoms with Crippen LogP contribution in [0.25, 0.3) is 22.6 Å². The van der Waals surface area contributed by atoms with Gasteiger partial charge in [0, 0.05) is 29.4 Å². The lowest BCUT2D eigenvalue weighted by Crippen LogP contribution is -2.36. The molecule has 1 amide bonds. The van der Waals surface area contributed by atoms with Gasteiger partial charge in [-0.3, -0.25) is 4.79 Å². The van der Waals surface area contributed by atoms with Crippen LogP contribution in [0.2, 0.25) is 10.0 Å². The lowest BCUT2D eigenvalue weighted by molar-refractivity contribution is -0.117. The van der Waals surface area contributed by atoms with Gasteiger partial charge in [0.25, 0.3) is 5.91 Å². The second-order valence-corrected chi connectivity index (χ2v) is 9.30. The van der Waals surface area contributed by atoms with Crippen molar-refractivity contribution in [1.29, 1.82) is 0 Å². The minimum atomic E-state index is -1.24. The number of benzene rings is 3. The summed E-state index contributed by atoms with van der Waals surface area (Å²) in [6.07, 6.45) is 0.480. The predicted octanol–water partition coefficient (Wildman–Crippen LogP) is 7.83. The lowest BCUT2D eigenvalue weighted by Gasteiger charge is -2.24. The van der Waals surface area contributed by atoms with Crippen LogP contribution in [-0.4, -0.2) is 22.4 Å². The lowest BCUT2D eigenvalue weighted by atomic mass is 10.1. The molecular formula is C25H17Cl4FN2O2. The van der Waals surface area contributed by atoms with Gasteiger partial charge in [-0.15, -0.1) is 0 Å². The first-order valence-corrected chi connectivity index (χ1v) is 11.8. The number of anilines is 1. The maximum absolute atomic E-state index is 13.2. The number of hydrogen-bond acceptors (Lipinski definition) is 3. The maximum Gasteiger partial charge on any atom is 0.260 e. The second kappa shape index (κ2) is 10.8. The van der Waals surface area contributed by atoms with Gasteiger partial charge >= 0.3 is 0 Å². The molecule has 0 aliphatic heterocycles. The van der Waals surface area contributed by atoms with Crippen LogP contribution < -0.4 is 4.90 Å². The Morgan fingerprint density at radius 1 is 0.971 bits per heavy atom. The average molecular weight is 538 g/mol.